The zero-order chi connectivity index (χ0) is 21.8. The average molecular weight is 439 g/mol. The fourth-order valence-electron chi connectivity index (χ4n) is 2.98. The lowest BCUT2D eigenvalue weighted by atomic mass is 10.2. The highest BCUT2D eigenvalue weighted by Crippen LogP contribution is 2.37. The molecule has 2 aromatic carbocycles. The summed E-state index contributed by atoms with van der Waals surface area (Å²) < 4.78 is 17.7. The predicted molar refractivity (Wildman–Crippen MR) is 119 cm³/mol. The number of anilines is 1. The first kappa shape index (κ1) is 20.4. The number of hydrazone groups is 1. The monoisotopic (exact) mass is 438 g/mol. The quantitative estimate of drug-likeness (QED) is 0.345. The molecule has 0 atom stereocenters. The van der Waals surface area contributed by atoms with Gasteiger partial charge in [-0.25, -0.2) is 0 Å². The number of hydrogen-bond donors (Lipinski definition) is 1. The lowest BCUT2D eigenvalue weighted by molar-refractivity contribution is 0.324. The van der Waals surface area contributed by atoms with Gasteiger partial charge in [-0.2, -0.15) is 9.62 Å². The molecule has 1 N–H and O–H groups in total. The largest absolute Gasteiger partial charge is 0.493 e. The van der Waals surface area contributed by atoms with Crippen LogP contribution >= 0.6 is 11.6 Å². The van der Waals surface area contributed by atoms with Crippen molar-refractivity contribution in [1.82, 2.24) is 19.8 Å². The first-order chi connectivity index (χ1) is 15.1. The van der Waals surface area contributed by atoms with Gasteiger partial charge in [-0.3, -0.25) is 5.43 Å². The predicted octanol–water partition coefficient (Wildman–Crippen LogP) is 3.92. The van der Waals surface area contributed by atoms with Gasteiger partial charge < -0.3 is 14.2 Å². The molecule has 0 aliphatic carbocycles. The maximum atomic E-state index is 5.97. The fraction of sp³-hybridized carbons (Fsp3) is 0.143. The van der Waals surface area contributed by atoms with E-state index in [0.717, 1.165) is 11.1 Å². The number of aromatic nitrogens is 4. The van der Waals surface area contributed by atoms with Gasteiger partial charge in [0.15, 0.2) is 28.8 Å². The van der Waals surface area contributed by atoms with Crippen LogP contribution in [0.25, 0.3) is 17.0 Å². The number of methoxy groups -OCH3 is 3. The number of halogens is 1. The Kier molecular flexibility index (Phi) is 5.85. The van der Waals surface area contributed by atoms with Crippen LogP contribution in [-0.2, 0) is 0 Å². The van der Waals surface area contributed by atoms with E-state index in [1.165, 1.54) is 0 Å². The molecule has 0 spiro atoms. The van der Waals surface area contributed by atoms with Crippen LogP contribution in [0.4, 0.5) is 5.82 Å². The molecule has 4 rings (SSSR count). The van der Waals surface area contributed by atoms with Crippen LogP contribution in [0.15, 0.2) is 53.6 Å². The molecular weight excluding hydrogens is 420 g/mol. The summed E-state index contributed by atoms with van der Waals surface area (Å²) in [5.41, 5.74) is 5.14. The Balaban J connectivity index is 1.59. The summed E-state index contributed by atoms with van der Waals surface area (Å²) in [5.74, 6) is 2.72. The molecule has 158 valence electrons. The van der Waals surface area contributed by atoms with Crippen LogP contribution in [0.5, 0.6) is 17.2 Å². The molecule has 0 radical (unpaired) electrons. The van der Waals surface area contributed by atoms with Crippen molar-refractivity contribution in [3.63, 3.8) is 0 Å². The molecule has 0 aliphatic heterocycles. The number of hydrogen-bond acceptors (Lipinski definition) is 8. The summed E-state index contributed by atoms with van der Waals surface area (Å²) in [4.78, 5) is 0. The van der Waals surface area contributed by atoms with Crippen LogP contribution in [0, 0.1) is 0 Å². The van der Waals surface area contributed by atoms with Gasteiger partial charge in [0, 0.05) is 16.1 Å². The minimum Gasteiger partial charge on any atom is -0.493 e. The fourth-order valence-corrected chi connectivity index (χ4v) is 3.10. The van der Waals surface area contributed by atoms with Gasteiger partial charge in [0.1, 0.15) is 0 Å². The van der Waals surface area contributed by atoms with E-state index in [-0.39, 0.29) is 0 Å². The number of ether oxygens (including phenoxy) is 3. The second kappa shape index (κ2) is 8.88. The molecule has 4 aromatic rings. The van der Waals surface area contributed by atoms with Gasteiger partial charge in [0.2, 0.25) is 5.75 Å². The van der Waals surface area contributed by atoms with Crippen molar-refractivity contribution >= 4 is 29.3 Å². The highest BCUT2D eigenvalue weighted by molar-refractivity contribution is 6.30. The maximum Gasteiger partial charge on any atom is 0.203 e. The smallest absolute Gasteiger partial charge is 0.203 e. The molecule has 10 heteroatoms. The molecule has 0 fully saturated rings. The molecule has 2 heterocycles. The number of fused-ring (bicyclic) bond motifs is 1. The van der Waals surface area contributed by atoms with Gasteiger partial charge in [-0.15, -0.1) is 15.3 Å². The van der Waals surface area contributed by atoms with Crippen LogP contribution in [0.1, 0.15) is 5.56 Å². The molecule has 0 saturated carbocycles. The van der Waals surface area contributed by atoms with E-state index in [9.17, 15) is 0 Å². The molecule has 31 heavy (non-hydrogen) atoms. The third kappa shape index (κ3) is 4.22. The van der Waals surface area contributed by atoms with Gasteiger partial charge in [0.05, 0.1) is 27.5 Å². The van der Waals surface area contributed by atoms with Crippen molar-refractivity contribution < 1.29 is 14.2 Å². The summed E-state index contributed by atoms with van der Waals surface area (Å²) in [6.07, 6.45) is 1.63. The zero-order valence-electron chi connectivity index (χ0n) is 17.0. The van der Waals surface area contributed by atoms with Crippen molar-refractivity contribution in [3.8, 4) is 28.6 Å². The third-order valence-electron chi connectivity index (χ3n) is 4.45. The summed E-state index contributed by atoms with van der Waals surface area (Å²) in [6.45, 7) is 0. The minimum atomic E-state index is 0.518. The topological polar surface area (TPSA) is 95.2 Å². The van der Waals surface area contributed by atoms with Gasteiger partial charge >= 0.3 is 0 Å². The van der Waals surface area contributed by atoms with Crippen molar-refractivity contribution in [3.05, 3.63) is 59.1 Å². The van der Waals surface area contributed by atoms with E-state index in [4.69, 9.17) is 25.8 Å². The minimum absolute atomic E-state index is 0.518. The SMILES string of the molecule is COc1cc(C=NNc2ccc3nnc(-c4ccc(Cl)cc4)n3n2)cc(OC)c1OC. The summed E-state index contributed by atoms with van der Waals surface area (Å²) in [5, 5.41) is 17.8. The average Bonchev–Trinajstić information content (AvgIpc) is 3.22. The molecule has 9 nitrogen and oxygen atoms in total. The third-order valence-corrected chi connectivity index (χ3v) is 4.70. The van der Waals surface area contributed by atoms with Crippen LogP contribution in [-0.4, -0.2) is 47.4 Å². The Labute approximate surface area is 183 Å². The molecule has 0 bridgehead atoms. The number of nitrogens with one attached hydrogen (secondary N) is 1. The summed E-state index contributed by atoms with van der Waals surface area (Å²) in [6, 6.07) is 14.5. The lowest BCUT2D eigenvalue weighted by Crippen LogP contribution is -2.01. The van der Waals surface area contributed by atoms with E-state index >= 15 is 0 Å². The molecule has 0 unspecified atom stereocenters. The molecule has 2 aromatic heterocycles. The van der Waals surface area contributed by atoms with Crippen molar-refractivity contribution in [1.29, 1.82) is 0 Å². The maximum absolute atomic E-state index is 5.97. The van der Waals surface area contributed by atoms with Crippen LogP contribution in [0.2, 0.25) is 5.02 Å². The highest BCUT2D eigenvalue weighted by atomic mass is 35.5. The second-order valence-electron chi connectivity index (χ2n) is 6.35. The first-order valence-corrected chi connectivity index (χ1v) is 9.58. The standard InChI is InChI=1S/C21H19ClN6O3/c1-29-16-10-13(11-17(30-2)20(16)31-3)12-23-24-18-8-9-19-25-26-21(28(19)27-18)14-4-6-15(22)7-5-14/h4-12H,1-3H3,(H,24,27). The Morgan fingerprint density at radius 3 is 2.29 bits per heavy atom. The first-order valence-electron chi connectivity index (χ1n) is 9.20. The van der Waals surface area contributed by atoms with Gasteiger partial charge in [0.25, 0.3) is 0 Å². The Morgan fingerprint density at radius 1 is 0.935 bits per heavy atom. The lowest BCUT2D eigenvalue weighted by Gasteiger charge is -2.12. The number of benzene rings is 2. The van der Waals surface area contributed by atoms with E-state index in [2.05, 4.69) is 25.8 Å². The van der Waals surface area contributed by atoms with Crippen LogP contribution in [0.3, 0.4) is 0 Å². The van der Waals surface area contributed by atoms with E-state index in [1.807, 2.05) is 12.1 Å². The van der Waals surface area contributed by atoms with E-state index < -0.39 is 0 Å². The van der Waals surface area contributed by atoms with Crippen LogP contribution < -0.4 is 19.6 Å². The van der Waals surface area contributed by atoms with E-state index in [1.54, 1.807) is 68.5 Å². The second-order valence-corrected chi connectivity index (χ2v) is 6.78. The van der Waals surface area contributed by atoms with Crippen molar-refractivity contribution in [2.45, 2.75) is 0 Å². The number of rotatable bonds is 7. The van der Waals surface area contributed by atoms with E-state index in [0.29, 0.717) is 39.6 Å². The van der Waals surface area contributed by atoms with Gasteiger partial charge in [-0.1, -0.05) is 11.6 Å². The molecule has 0 amide bonds. The Hall–Kier alpha value is -3.85. The Bertz CT molecular complexity index is 1210. The molecule has 0 saturated heterocycles. The molecular formula is C21H19ClN6O3. The zero-order valence-corrected chi connectivity index (χ0v) is 17.8. The summed E-state index contributed by atoms with van der Waals surface area (Å²) in [7, 11) is 4.68. The number of nitrogens with zero attached hydrogens (tertiary/aromatic N) is 5. The molecule has 0 aliphatic rings. The Morgan fingerprint density at radius 2 is 1.65 bits per heavy atom. The van der Waals surface area contributed by atoms with Gasteiger partial charge in [-0.05, 0) is 48.5 Å². The van der Waals surface area contributed by atoms with Crippen molar-refractivity contribution in [2.75, 3.05) is 26.8 Å². The van der Waals surface area contributed by atoms with Crippen molar-refractivity contribution in [2.24, 2.45) is 5.10 Å². The highest BCUT2D eigenvalue weighted by Gasteiger charge is 2.13. The summed E-state index contributed by atoms with van der Waals surface area (Å²) >= 11 is 5.97. The normalized spacial score (nSPS) is 11.1.